The van der Waals surface area contributed by atoms with Crippen molar-refractivity contribution in [3.05, 3.63) is 35.4 Å². The predicted octanol–water partition coefficient (Wildman–Crippen LogP) is 2.55. The fraction of sp³-hybridized carbons (Fsp3) is 0.533. The van der Waals surface area contributed by atoms with E-state index in [1.807, 2.05) is 0 Å². The van der Waals surface area contributed by atoms with Gasteiger partial charge in [-0.05, 0) is 24.0 Å². The minimum Gasteiger partial charge on any atom is -0.348 e. The molecular formula is C15H24N2O. The minimum atomic E-state index is 0.0978. The Morgan fingerprint density at radius 1 is 1.11 bits per heavy atom. The monoisotopic (exact) mass is 248 g/mol. The van der Waals surface area contributed by atoms with Crippen molar-refractivity contribution in [3.8, 4) is 0 Å². The van der Waals surface area contributed by atoms with Crippen LogP contribution in [0.4, 0.5) is 0 Å². The number of rotatable bonds is 5. The SMILES string of the molecule is CC(C)c1ccc(C(C)NCC(=O)N(C)C)cc1. The molecule has 0 saturated carbocycles. The third-order valence-corrected chi connectivity index (χ3v) is 3.16. The van der Waals surface area contributed by atoms with E-state index >= 15 is 0 Å². The van der Waals surface area contributed by atoms with Gasteiger partial charge in [0.25, 0.3) is 0 Å². The highest BCUT2D eigenvalue weighted by atomic mass is 16.2. The van der Waals surface area contributed by atoms with E-state index < -0.39 is 0 Å². The summed E-state index contributed by atoms with van der Waals surface area (Å²) in [6.07, 6.45) is 0. The number of carbonyl (C=O) groups is 1. The number of nitrogens with one attached hydrogen (secondary N) is 1. The fourth-order valence-corrected chi connectivity index (χ4v) is 1.69. The second kappa shape index (κ2) is 6.55. The van der Waals surface area contributed by atoms with Crippen LogP contribution in [0.3, 0.4) is 0 Å². The molecule has 0 saturated heterocycles. The number of benzene rings is 1. The maximum Gasteiger partial charge on any atom is 0.236 e. The molecule has 1 aromatic rings. The first-order valence-electron chi connectivity index (χ1n) is 6.45. The Morgan fingerprint density at radius 2 is 1.61 bits per heavy atom. The molecule has 100 valence electrons. The van der Waals surface area contributed by atoms with Crippen LogP contribution in [0.15, 0.2) is 24.3 Å². The van der Waals surface area contributed by atoms with Crippen molar-refractivity contribution in [3.63, 3.8) is 0 Å². The normalized spacial score (nSPS) is 12.6. The lowest BCUT2D eigenvalue weighted by atomic mass is 9.99. The van der Waals surface area contributed by atoms with Gasteiger partial charge in [0, 0.05) is 20.1 Å². The van der Waals surface area contributed by atoms with Gasteiger partial charge >= 0.3 is 0 Å². The van der Waals surface area contributed by atoms with Crippen LogP contribution in [0, 0.1) is 0 Å². The molecule has 0 radical (unpaired) electrons. The molecule has 0 aliphatic carbocycles. The van der Waals surface area contributed by atoms with Gasteiger partial charge in [-0.1, -0.05) is 38.1 Å². The fourth-order valence-electron chi connectivity index (χ4n) is 1.69. The smallest absolute Gasteiger partial charge is 0.236 e. The molecule has 3 heteroatoms. The molecule has 3 nitrogen and oxygen atoms in total. The second-order valence-corrected chi connectivity index (χ2v) is 5.21. The van der Waals surface area contributed by atoms with E-state index in [4.69, 9.17) is 0 Å². The molecule has 1 aromatic carbocycles. The van der Waals surface area contributed by atoms with E-state index in [0.29, 0.717) is 12.5 Å². The van der Waals surface area contributed by atoms with Crippen LogP contribution >= 0.6 is 0 Å². The van der Waals surface area contributed by atoms with Crippen molar-refractivity contribution >= 4 is 5.91 Å². The zero-order chi connectivity index (χ0) is 13.7. The molecule has 0 fully saturated rings. The van der Waals surface area contributed by atoms with Crippen molar-refractivity contribution in [2.24, 2.45) is 0 Å². The first kappa shape index (κ1) is 14.7. The van der Waals surface area contributed by atoms with Crippen molar-refractivity contribution in [2.75, 3.05) is 20.6 Å². The summed E-state index contributed by atoms with van der Waals surface area (Å²) < 4.78 is 0. The Balaban J connectivity index is 2.56. The summed E-state index contributed by atoms with van der Waals surface area (Å²) in [5, 5.41) is 3.24. The average molecular weight is 248 g/mol. The Bertz CT molecular complexity index is 382. The van der Waals surface area contributed by atoms with Crippen LogP contribution in [-0.4, -0.2) is 31.4 Å². The minimum absolute atomic E-state index is 0.0978. The van der Waals surface area contributed by atoms with Gasteiger partial charge in [0.15, 0.2) is 0 Å². The Kier molecular flexibility index (Phi) is 5.35. The quantitative estimate of drug-likeness (QED) is 0.868. The predicted molar refractivity (Wildman–Crippen MR) is 75.6 cm³/mol. The first-order valence-corrected chi connectivity index (χ1v) is 6.45. The van der Waals surface area contributed by atoms with Gasteiger partial charge < -0.3 is 10.2 Å². The summed E-state index contributed by atoms with van der Waals surface area (Å²) in [5.41, 5.74) is 2.56. The van der Waals surface area contributed by atoms with E-state index in [1.54, 1.807) is 19.0 Å². The largest absolute Gasteiger partial charge is 0.348 e. The number of carbonyl (C=O) groups excluding carboxylic acids is 1. The summed E-state index contributed by atoms with van der Waals surface area (Å²) in [7, 11) is 3.54. The van der Waals surface area contributed by atoms with Gasteiger partial charge in [-0.15, -0.1) is 0 Å². The molecule has 1 rings (SSSR count). The van der Waals surface area contributed by atoms with Crippen molar-refractivity contribution < 1.29 is 4.79 Å². The highest BCUT2D eigenvalue weighted by Crippen LogP contribution is 2.18. The lowest BCUT2D eigenvalue weighted by Crippen LogP contribution is -2.34. The van der Waals surface area contributed by atoms with E-state index in [0.717, 1.165) is 0 Å². The van der Waals surface area contributed by atoms with Crippen LogP contribution in [0.1, 0.15) is 43.9 Å². The third-order valence-electron chi connectivity index (χ3n) is 3.16. The summed E-state index contributed by atoms with van der Waals surface area (Å²) in [6, 6.07) is 8.77. The first-order chi connectivity index (χ1) is 8.41. The molecule has 1 N–H and O–H groups in total. The molecule has 1 atom stereocenters. The summed E-state index contributed by atoms with van der Waals surface area (Å²) in [4.78, 5) is 13.1. The standard InChI is InChI=1S/C15H24N2O/c1-11(2)13-6-8-14(9-7-13)12(3)16-10-15(18)17(4)5/h6-9,11-12,16H,10H2,1-5H3. The zero-order valence-corrected chi connectivity index (χ0v) is 12.0. The summed E-state index contributed by atoms with van der Waals surface area (Å²) in [6.45, 7) is 6.83. The van der Waals surface area contributed by atoms with Crippen molar-refractivity contribution in [1.29, 1.82) is 0 Å². The lowest BCUT2D eigenvalue weighted by Gasteiger charge is -2.17. The van der Waals surface area contributed by atoms with Crippen molar-refractivity contribution in [2.45, 2.75) is 32.7 Å². The summed E-state index contributed by atoms with van der Waals surface area (Å²) >= 11 is 0. The van der Waals surface area contributed by atoms with Gasteiger partial charge in [0.2, 0.25) is 5.91 Å². The molecule has 18 heavy (non-hydrogen) atoms. The molecule has 1 amide bonds. The van der Waals surface area contributed by atoms with E-state index in [9.17, 15) is 4.79 Å². The van der Waals surface area contributed by atoms with Gasteiger partial charge in [0.1, 0.15) is 0 Å². The van der Waals surface area contributed by atoms with Gasteiger partial charge in [-0.25, -0.2) is 0 Å². The van der Waals surface area contributed by atoms with Crippen molar-refractivity contribution in [1.82, 2.24) is 10.2 Å². The molecule has 0 aromatic heterocycles. The van der Waals surface area contributed by atoms with Crippen LogP contribution in [-0.2, 0) is 4.79 Å². The molecule has 0 aliphatic rings. The Hall–Kier alpha value is -1.35. The Morgan fingerprint density at radius 3 is 2.06 bits per heavy atom. The van der Waals surface area contributed by atoms with Crippen LogP contribution in [0.2, 0.25) is 0 Å². The van der Waals surface area contributed by atoms with E-state index in [-0.39, 0.29) is 11.9 Å². The molecule has 0 spiro atoms. The molecule has 0 aliphatic heterocycles. The third kappa shape index (κ3) is 4.15. The van der Waals surface area contributed by atoms with Gasteiger partial charge in [0.05, 0.1) is 6.54 Å². The number of likely N-dealkylation sites (N-methyl/N-ethyl adjacent to an activating group) is 1. The lowest BCUT2D eigenvalue weighted by molar-refractivity contribution is -0.127. The molecule has 0 bridgehead atoms. The van der Waals surface area contributed by atoms with E-state index in [1.165, 1.54) is 11.1 Å². The topological polar surface area (TPSA) is 32.3 Å². The highest BCUT2D eigenvalue weighted by molar-refractivity contribution is 5.77. The van der Waals surface area contributed by atoms with Crippen LogP contribution < -0.4 is 5.32 Å². The average Bonchev–Trinajstić information content (AvgIpc) is 2.35. The number of hydrogen-bond donors (Lipinski definition) is 1. The van der Waals surface area contributed by atoms with Gasteiger partial charge in [-0.3, -0.25) is 4.79 Å². The summed E-state index contributed by atoms with van der Waals surface area (Å²) in [5.74, 6) is 0.651. The number of nitrogens with zero attached hydrogens (tertiary/aromatic N) is 1. The molecule has 0 heterocycles. The maximum absolute atomic E-state index is 11.5. The Labute approximate surface area is 110 Å². The molecular weight excluding hydrogens is 224 g/mol. The molecule has 1 unspecified atom stereocenters. The highest BCUT2D eigenvalue weighted by Gasteiger charge is 2.09. The second-order valence-electron chi connectivity index (χ2n) is 5.21. The van der Waals surface area contributed by atoms with Gasteiger partial charge in [-0.2, -0.15) is 0 Å². The van der Waals surface area contributed by atoms with Crippen LogP contribution in [0.5, 0.6) is 0 Å². The van der Waals surface area contributed by atoms with Crippen LogP contribution in [0.25, 0.3) is 0 Å². The maximum atomic E-state index is 11.5. The number of hydrogen-bond acceptors (Lipinski definition) is 2. The van der Waals surface area contributed by atoms with E-state index in [2.05, 4.69) is 50.4 Å². The zero-order valence-electron chi connectivity index (χ0n) is 12.0. The number of amides is 1.